The van der Waals surface area contributed by atoms with Gasteiger partial charge in [-0.25, -0.2) is 9.07 Å². The molecule has 1 N–H and O–H groups in total. The standard InChI is InChI=1S/C17H12BrClFN3O/c18-12-3-1-11(2-4-12)10-23-16(7-8-21-23)22-17(24)14-6-5-13(19)9-15(14)20/h1-9H,10H2,(H,22,24). The molecule has 0 unspecified atom stereocenters. The molecule has 1 amide bonds. The topological polar surface area (TPSA) is 46.9 Å². The van der Waals surface area contributed by atoms with E-state index in [1.807, 2.05) is 24.3 Å². The zero-order valence-electron chi connectivity index (χ0n) is 12.3. The van der Waals surface area contributed by atoms with Crippen molar-refractivity contribution < 1.29 is 9.18 Å². The van der Waals surface area contributed by atoms with Crippen LogP contribution in [0, 0.1) is 5.82 Å². The van der Waals surface area contributed by atoms with Gasteiger partial charge in [-0.05, 0) is 35.9 Å². The lowest BCUT2D eigenvalue weighted by molar-refractivity contribution is 0.102. The third-order valence-electron chi connectivity index (χ3n) is 3.38. The van der Waals surface area contributed by atoms with Crippen molar-refractivity contribution in [1.82, 2.24) is 9.78 Å². The summed E-state index contributed by atoms with van der Waals surface area (Å²) in [6.45, 7) is 0.485. The summed E-state index contributed by atoms with van der Waals surface area (Å²) >= 11 is 9.09. The van der Waals surface area contributed by atoms with Crippen LogP contribution in [0.5, 0.6) is 0 Å². The smallest absolute Gasteiger partial charge is 0.259 e. The Morgan fingerprint density at radius 3 is 2.67 bits per heavy atom. The number of benzene rings is 2. The molecule has 0 bridgehead atoms. The molecular weight excluding hydrogens is 397 g/mol. The molecule has 1 aromatic heterocycles. The Labute approximate surface area is 151 Å². The highest BCUT2D eigenvalue weighted by Crippen LogP contribution is 2.18. The Bertz CT molecular complexity index is 880. The van der Waals surface area contributed by atoms with E-state index in [1.54, 1.807) is 16.9 Å². The van der Waals surface area contributed by atoms with Gasteiger partial charge >= 0.3 is 0 Å². The normalized spacial score (nSPS) is 10.6. The minimum absolute atomic E-state index is 0.0733. The molecule has 0 spiro atoms. The van der Waals surface area contributed by atoms with E-state index in [0.29, 0.717) is 12.4 Å². The minimum Gasteiger partial charge on any atom is -0.307 e. The molecule has 0 fully saturated rings. The summed E-state index contributed by atoms with van der Waals surface area (Å²) in [5, 5.41) is 7.10. The van der Waals surface area contributed by atoms with E-state index in [4.69, 9.17) is 11.6 Å². The maximum absolute atomic E-state index is 13.8. The summed E-state index contributed by atoms with van der Waals surface area (Å²) in [4.78, 5) is 12.3. The Hall–Kier alpha value is -2.18. The Morgan fingerprint density at radius 2 is 1.96 bits per heavy atom. The van der Waals surface area contributed by atoms with Crippen LogP contribution in [0.1, 0.15) is 15.9 Å². The largest absolute Gasteiger partial charge is 0.307 e. The van der Waals surface area contributed by atoms with Gasteiger partial charge < -0.3 is 5.32 Å². The first kappa shape index (κ1) is 16.7. The predicted molar refractivity (Wildman–Crippen MR) is 94.8 cm³/mol. The molecule has 2 aromatic carbocycles. The molecular formula is C17H12BrClFN3O. The fraction of sp³-hybridized carbons (Fsp3) is 0.0588. The third-order valence-corrected chi connectivity index (χ3v) is 4.14. The highest BCUT2D eigenvalue weighted by molar-refractivity contribution is 9.10. The zero-order valence-corrected chi connectivity index (χ0v) is 14.7. The number of anilines is 1. The Kier molecular flexibility index (Phi) is 4.97. The highest BCUT2D eigenvalue weighted by atomic mass is 79.9. The van der Waals surface area contributed by atoms with Crippen molar-refractivity contribution in [1.29, 1.82) is 0 Å². The maximum atomic E-state index is 13.8. The van der Waals surface area contributed by atoms with Gasteiger partial charge in [-0.2, -0.15) is 5.10 Å². The first-order valence-corrected chi connectivity index (χ1v) is 8.23. The lowest BCUT2D eigenvalue weighted by Gasteiger charge is -2.10. The van der Waals surface area contributed by atoms with E-state index in [2.05, 4.69) is 26.3 Å². The van der Waals surface area contributed by atoms with Gasteiger partial charge in [-0.3, -0.25) is 4.79 Å². The number of carbonyl (C=O) groups is 1. The highest BCUT2D eigenvalue weighted by Gasteiger charge is 2.14. The molecule has 0 saturated carbocycles. The van der Waals surface area contributed by atoms with Gasteiger partial charge in [0.05, 0.1) is 18.3 Å². The van der Waals surface area contributed by atoms with Gasteiger partial charge in [0.25, 0.3) is 5.91 Å². The molecule has 122 valence electrons. The molecule has 0 aliphatic carbocycles. The predicted octanol–water partition coefficient (Wildman–Crippen LogP) is 4.74. The first-order chi connectivity index (χ1) is 11.5. The summed E-state index contributed by atoms with van der Waals surface area (Å²) in [6.07, 6.45) is 1.58. The van der Waals surface area contributed by atoms with Crippen LogP contribution in [0.2, 0.25) is 5.02 Å². The van der Waals surface area contributed by atoms with Crippen LogP contribution < -0.4 is 5.32 Å². The van der Waals surface area contributed by atoms with Crippen molar-refractivity contribution in [2.75, 3.05) is 5.32 Å². The molecule has 0 saturated heterocycles. The number of hydrogen-bond donors (Lipinski definition) is 1. The van der Waals surface area contributed by atoms with Gasteiger partial charge in [-0.1, -0.05) is 39.7 Å². The number of halogens is 3. The van der Waals surface area contributed by atoms with Gasteiger partial charge in [0.15, 0.2) is 0 Å². The number of nitrogens with zero attached hydrogens (tertiary/aromatic N) is 2. The van der Waals surface area contributed by atoms with Crippen molar-refractivity contribution >= 4 is 39.3 Å². The summed E-state index contributed by atoms with van der Waals surface area (Å²) in [6, 6.07) is 13.4. The molecule has 0 aliphatic rings. The monoisotopic (exact) mass is 407 g/mol. The Morgan fingerprint density at radius 1 is 1.21 bits per heavy atom. The molecule has 3 aromatic rings. The van der Waals surface area contributed by atoms with Crippen LogP contribution in [-0.4, -0.2) is 15.7 Å². The lowest BCUT2D eigenvalue weighted by atomic mass is 10.2. The third kappa shape index (κ3) is 3.83. The van der Waals surface area contributed by atoms with Crippen LogP contribution in [0.25, 0.3) is 0 Å². The van der Waals surface area contributed by atoms with Crippen molar-refractivity contribution in [2.24, 2.45) is 0 Å². The summed E-state index contributed by atoms with van der Waals surface area (Å²) < 4.78 is 16.5. The van der Waals surface area contributed by atoms with E-state index in [1.165, 1.54) is 12.1 Å². The van der Waals surface area contributed by atoms with Crippen LogP contribution in [0.15, 0.2) is 59.2 Å². The molecule has 1 heterocycles. The fourth-order valence-corrected chi connectivity index (χ4v) is 2.61. The number of carbonyl (C=O) groups excluding carboxylic acids is 1. The number of rotatable bonds is 4. The zero-order chi connectivity index (χ0) is 17.1. The van der Waals surface area contributed by atoms with Crippen molar-refractivity contribution in [3.8, 4) is 0 Å². The van der Waals surface area contributed by atoms with E-state index >= 15 is 0 Å². The average molecular weight is 409 g/mol. The van der Waals surface area contributed by atoms with Gasteiger partial charge in [-0.15, -0.1) is 0 Å². The molecule has 0 aliphatic heterocycles. The van der Waals surface area contributed by atoms with Crippen LogP contribution >= 0.6 is 27.5 Å². The van der Waals surface area contributed by atoms with Crippen molar-refractivity contribution in [3.63, 3.8) is 0 Å². The fourth-order valence-electron chi connectivity index (χ4n) is 2.18. The summed E-state index contributed by atoms with van der Waals surface area (Å²) in [5.41, 5.74) is 0.950. The van der Waals surface area contributed by atoms with E-state index in [-0.39, 0.29) is 10.6 Å². The number of aromatic nitrogens is 2. The van der Waals surface area contributed by atoms with E-state index in [9.17, 15) is 9.18 Å². The average Bonchev–Trinajstić information content (AvgIpc) is 2.96. The molecule has 7 heteroatoms. The van der Waals surface area contributed by atoms with Gasteiger partial charge in [0.2, 0.25) is 0 Å². The molecule has 4 nitrogen and oxygen atoms in total. The van der Waals surface area contributed by atoms with Gasteiger partial charge in [0, 0.05) is 15.6 Å². The second kappa shape index (κ2) is 7.15. The van der Waals surface area contributed by atoms with E-state index < -0.39 is 11.7 Å². The second-order valence-electron chi connectivity index (χ2n) is 5.08. The number of nitrogens with one attached hydrogen (secondary N) is 1. The summed E-state index contributed by atoms with van der Waals surface area (Å²) in [5.74, 6) is -0.738. The van der Waals surface area contributed by atoms with E-state index in [0.717, 1.165) is 16.1 Å². The Balaban J connectivity index is 1.77. The number of hydrogen-bond acceptors (Lipinski definition) is 2. The minimum atomic E-state index is -0.668. The number of amides is 1. The second-order valence-corrected chi connectivity index (χ2v) is 6.43. The quantitative estimate of drug-likeness (QED) is 0.678. The van der Waals surface area contributed by atoms with Crippen LogP contribution in [0.4, 0.5) is 10.2 Å². The first-order valence-electron chi connectivity index (χ1n) is 7.05. The summed E-state index contributed by atoms with van der Waals surface area (Å²) in [7, 11) is 0. The maximum Gasteiger partial charge on any atom is 0.259 e. The van der Waals surface area contributed by atoms with Gasteiger partial charge in [0.1, 0.15) is 11.6 Å². The molecule has 24 heavy (non-hydrogen) atoms. The molecule has 0 atom stereocenters. The SMILES string of the molecule is O=C(Nc1ccnn1Cc1ccc(Br)cc1)c1ccc(Cl)cc1F. The lowest BCUT2D eigenvalue weighted by Crippen LogP contribution is -2.17. The molecule has 0 radical (unpaired) electrons. The van der Waals surface area contributed by atoms with Crippen LogP contribution in [-0.2, 0) is 6.54 Å². The van der Waals surface area contributed by atoms with Crippen LogP contribution in [0.3, 0.4) is 0 Å². The van der Waals surface area contributed by atoms with Crippen molar-refractivity contribution in [3.05, 3.63) is 81.2 Å². The molecule has 3 rings (SSSR count). The van der Waals surface area contributed by atoms with Crippen molar-refractivity contribution in [2.45, 2.75) is 6.54 Å².